The van der Waals surface area contributed by atoms with Crippen LogP contribution in [0.15, 0.2) is 0 Å². The van der Waals surface area contributed by atoms with E-state index in [2.05, 4.69) is 5.53 Å². The summed E-state index contributed by atoms with van der Waals surface area (Å²) in [6.07, 6.45) is 1.19. The molecule has 62 valence electrons. The van der Waals surface area contributed by atoms with Crippen molar-refractivity contribution in [2.75, 3.05) is 18.6 Å². The van der Waals surface area contributed by atoms with Gasteiger partial charge in [0.2, 0.25) is 0 Å². The topological polar surface area (TPSA) is 75.4 Å². The van der Waals surface area contributed by atoms with Crippen molar-refractivity contribution in [2.45, 2.75) is 0 Å². The van der Waals surface area contributed by atoms with Gasteiger partial charge in [-0.25, -0.2) is 8.42 Å². The monoisotopic (exact) mass is 279 g/mol. The average Bonchev–Trinajstić information content (AvgIpc) is 1.81. The minimum Gasteiger partial charge on any atom is -0.257 e. The van der Waals surface area contributed by atoms with E-state index in [1.54, 1.807) is 0 Å². The minimum absolute atomic E-state index is 0.111. The highest BCUT2D eigenvalue weighted by Gasteiger charge is 2.04. The van der Waals surface area contributed by atoms with Crippen LogP contribution in [0.2, 0.25) is 0 Å². The lowest BCUT2D eigenvalue weighted by Crippen LogP contribution is -2.37. The number of hydrazine groups is 2. The highest BCUT2D eigenvalue weighted by atomic mass is 127. The Hall–Kier alpha value is 0.560. The predicted octanol–water partition coefficient (Wildman–Crippen LogP) is -0.939. The van der Waals surface area contributed by atoms with Crippen molar-refractivity contribution >= 4 is 32.7 Å². The fourth-order valence-corrected chi connectivity index (χ4v) is 1.39. The van der Waals surface area contributed by atoms with Crippen molar-refractivity contribution in [3.8, 4) is 0 Å². The van der Waals surface area contributed by atoms with Crippen LogP contribution in [0.5, 0.6) is 0 Å². The second kappa shape index (κ2) is 4.44. The van der Waals surface area contributed by atoms with Gasteiger partial charge in [0.1, 0.15) is 9.84 Å². The summed E-state index contributed by atoms with van der Waals surface area (Å²) in [5.41, 5.74) is 2.29. The van der Waals surface area contributed by atoms with Gasteiger partial charge in [0.05, 0.1) is 5.75 Å². The van der Waals surface area contributed by atoms with E-state index in [0.717, 1.165) is 0 Å². The molecule has 0 aromatic heterocycles. The Morgan fingerprint density at radius 1 is 1.70 bits per heavy atom. The van der Waals surface area contributed by atoms with E-state index in [1.165, 1.54) is 9.48 Å². The Labute approximate surface area is 74.3 Å². The van der Waals surface area contributed by atoms with Crippen molar-refractivity contribution in [3.05, 3.63) is 0 Å². The van der Waals surface area contributed by atoms with E-state index >= 15 is 0 Å². The van der Waals surface area contributed by atoms with Crippen LogP contribution in [0.1, 0.15) is 0 Å². The number of hydrogen-bond acceptors (Lipinski definition) is 5. The molecule has 0 amide bonds. The number of nitrogens with zero attached hydrogens (tertiary/aromatic N) is 1. The molecule has 0 fully saturated rings. The van der Waals surface area contributed by atoms with Crippen molar-refractivity contribution < 1.29 is 8.42 Å². The van der Waals surface area contributed by atoms with Gasteiger partial charge in [0.25, 0.3) is 0 Å². The lowest BCUT2D eigenvalue weighted by molar-refractivity contribution is 0.411. The van der Waals surface area contributed by atoms with Gasteiger partial charge >= 0.3 is 0 Å². The molecule has 0 aromatic rings. The van der Waals surface area contributed by atoms with Gasteiger partial charge in [0.15, 0.2) is 0 Å². The van der Waals surface area contributed by atoms with E-state index in [0.29, 0.717) is 6.54 Å². The Morgan fingerprint density at radius 3 is 2.50 bits per heavy atom. The predicted molar refractivity (Wildman–Crippen MR) is 47.8 cm³/mol. The van der Waals surface area contributed by atoms with Crippen LogP contribution in [0.25, 0.3) is 0 Å². The van der Waals surface area contributed by atoms with Gasteiger partial charge in [-0.1, -0.05) is 0 Å². The quantitative estimate of drug-likeness (QED) is 0.301. The first-order valence-corrected chi connectivity index (χ1v) is 5.55. The third-order valence-corrected chi connectivity index (χ3v) is 2.48. The molecular formula is C3H10IN3O2S. The molecule has 0 saturated heterocycles. The maximum Gasteiger partial charge on any atom is 0.148 e. The molecule has 0 radical (unpaired) electrons. The van der Waals surface area contributed by atoms with Crippen LogP contribution in [-0.2, 0) is 9.84 Å². The molecule has 0 rings (SSSR count). The molecule has 0 heterocycles. The summed E-state index contributed by atoms with van der Waals surface area (Å²) in [5, 5.41) is 0. The molecule has 0 saturated carbocycles. The second-order valence-corrected chi connectivity index (χ2v) is 5.27. The van der Waals surface area contributed by atoms with E-state index in [1.807, 2.05) is 22.9 Å². The van der Waals surface area contributed by atoms with Crippen molar-refractivity contribution in [3.63, 3.8) is 0 Å². The maximum atomic E-state index is 10.6. The zero-order valence-electron chi connectivity index (χ0n) is 5.54. The fraction of sp³-hybridized carbons (Fsp3) is 1.00. The van der Waals surface area contributed by atoms with E-state index in [-0.39, 0.29) is 5.75 Å². The van der Waals surface area contributed by atoms with E-state index in [4.69, 9.17) is 5.84 Å². The number of nitrogens with two attached hydrogens (primary N) is 1. The molecule has 0 aliphatic carbocycles. The van der Waals surface area contributed by atoms with Crippen molar-refractivity contribution in [2.24, 2.45) is 5.84 Å². The van der Waals surface area contributed by atoms with Crippen molar-refractivity contribution in [1.29, 1.82) is 0 Å². The third kappa shape index (κ3) is 6.68. The van der Waals surface area contributed by atoms with Gasteiger partial charge in [-0.15, -0.1) is 0 Å². The summed E-state index contributed by atoms with van der Waals surface area (Å²) < 4.78 is 22.6. The summed E-state index contributed by atoms with van der Waals surface area (Å²) in [5.74, 6) is 5.09. The van der Waals surface area contributed by atoms with Crippen LogP contribution >= 0.6 is 22.9 Å². The molecule has 0 aliphatic rings. The molecule has 0 unspecified atom stereocenters. The Balaban J connectivity index is 3.56. The lowest BCUT2D eigenvalue weighted by atomic mass is 10.8. The standard InChI is InChI=1S/C3H10IN3O2S/c1-10(8,9)3-2-7(4)6-5/h6H,2-3,5H2,1H3. The number of nitrogens with one attached hydrogen (secondary N) is 1. The Bertz CT molecular complexity index is 180. The van der Waals surface area contributed by atoms with Gasteiger partial charge in [0, 0.05) is 35.7 Å². The van der Waals surface area contributed by atoms with Gasteiger partial charge in [-0.2, -0.15) is 8.76 Å². The zero-order valence-corrected chi connectivity index (χ0v) is 8.52. The molecule has 0 aliphatic heterocycles. The van der Waals surface area contributed by atoms with Crippen LogP contribution in [0.4, 0.5) is 0 Å². The fourth-order valence-electron chi connectivity index (χ4n) is 0.311. The first kappa shape index (κ1) is 10.6. The van der Waals surface area contributed by atoms with Crippen molar-refractivity contribution in [1.82, 2.24) is 8.76 Å². The van der Waals surface area contributed by atoms with Crippen LogP contribution in [0.3, 0.4) is 0 Å². The van der Waals surface area contributed by atoms with Crippen LogP contribution < -0.4 is 11.4 Å². The summed E-state index contributed by atoms with van der Waals surface area (Å²) in [6.45, 7) is 0.385. The third-order valence-electron chi connectivity index (χ3n) is 0.798. The molecule has 5 nitrogen and oxygen atoms in total. The number of rotatable bonds is 4. The maximum absolute atomic E-state index is 10.6. The average molecular weight is 279 g/mol. The molecule has 0 aromatic carbocycles. The normalized spacial score (nSPS) is 12.4. The van der Waals surface area contributed by atoms with Gasteiger partial charge in [-0.3, -0.25) is 5.84 Å². The van der Waals surface area contributed by atoms with Crippen LogP contribution in [-0.4, -0.2) is 30.2 Å². The molecule has 10 heavy (non-hydrogen) atoms. The van der Waals surface area contributed by atoms with E-state index in [9.17, 15) is 8.42 Å². The first-order chi connectivity index (χ1) is 4.45. The molecule has 0 spiro atoms. The summed E-state index contributed by atoms with van der Waals surface area (Å²) >= 11 is 1.88. The molecular weight excluding hydrogens is 269 g/mol. The largest absolute Gasteiger partial charge is 0.257 e. The highest BCUT2D eigenvalue weighted by Crippen LogP contribution is 1.92. The zero-order chi connectivity index (χ0) is 8.20. The van der Waals surface area contributed by atoms with Crippen LogP contribution in [0, 0.1) is 0 Å². The summed E-state index contributed by atoms with van der Waals surface area (Å²) in [4.78, 5) is 0. The summed E-state index contributed by atoms with van der Waals surface area (Å²) in [6, 6.07) is 0. The first-order valence-electron chi connectivity index (χ1n) is 2.53. The number of halogens is 1. The SMILES string of the molecule is CS(=O)(=O)CCN(I)NN. The Morgan fingerprint density at radius 2 is 2.20 bits per heavy atom. The molecule has 0 atom stereocenters. The Kier molecular flexibility index (Phi) is 4.69. The van der Waals surface area contributed by atoms with Gasteiger partial charge in [-0.05, 0) is 0 Å². The number of sulfone groups is 1. The summed E-state index contributed by atoms with van der Waals surface area (Å²) in [7, 11) is -2.87. The smallest absolute Gasteiger partial charge is 0.148 e. The molecule has 7 heteroatoms. The molecule has 0 bridgehead atoms. The second-order valence-electron chi connectivity index (χ2n) is 1.84. The van der Waals surface area contributed by atoms with Gasteiger partial charge < -0.3 is 0 Å². The van der Waals surface area contributed by atoms with E-state index < -0.39 is 9.84 Å². The lowest BCUT2D eigenvalue weighted by Gasteiger charge is -2.09. The highest BCUT2D eigenvalue weighted by molar-refractivity contribution is 14.1. The molecule has 3 N–H and O–H groups in total. The minimum atomic E-state index is -2.87. The number of hydrogen-bond donors (Lipinski definition) is 2.